The number of anilines is 2. The normalized spacial score (nSPS) is 14.3. The second kappa shape index (κ2) is 11.9. The second-order valence-electron chi connectivity index (χ2n) is 9.42. The highest BCUT2D eigenvalue weighted by Crippen LogP contribution is 2.21. The molecule has 190 valence electrons. The predicted molar refractivity (Wildman–Crippen MR) is 143 cm³/mol. The number of rotatable bonds is 9. The second-order valence-corrected chi connectivity index (χ2v) is 9.42. The standard InChI is InChI=1S/C27H35N7O2/c1-20(35)29-22-11-9-21(10-12-22)27(36)34-17-15-33(16-18-34)19-25-30-24-8-5-4-7-23(24)26(31-25)28-13-6-14-32(2)3/h4-5,7-12H,6,13-19H2,1-3H3,(H,29,35)(H,28,30,31). The van der Waals surface area contributed by atoms with E-state index in [1.165, 1.54) is 6.92 Å². The molecule has 2 aromatic carbocycles. The summed E-state index contributed by atoms with van der Waals surface area (Å²) in [6.45, 7) is 6.80. The summed E-state index contributed by atoms with van der Waals surface area (Å²) < 4.78 is 0. The summed E-state index contributed by atoms with van der Waals surface area (Å²) in [4.78, 5) is 40.2. The minimum Gasteiger partial charge on any atom is -0.369 e. The van der Waals surface area contributed by atoms with Crippen molar-refractivity contribution in [1.82, 2.24) is 24.7 Å². The van der Waals surface area contributed by atoms with E-state index in [1.807, 2.05) is 23.1 Å². The molecule has 3 aromatic rings. The molecule has 1 aliphatic heterocycles. The van der Waals surface area contributed by atoms with Crippen molar-refractivity contribution in [2.45, 2.75) is 19.9 Å². The van der Waals surface area contributed by atoms with Gasteiger partial charge in [0.15, 0.2) is 0 Å². The number of nitrogens with one attached hydrogen (secondary N) is 2. The van der Waals surface area contributed by atoms with E-state index in [-0.39, 0.29) is 11.8 Å². The van der Waals surface area contributed by atoms with Crippen LogP contribution in [-0.4, -0.2) is 89.8 Å². The van der Waals surface area contributed by atoms with Crippen LogP contribution in [0.1, 0.15) is 29.5 Å². The summed E-state index contributed by atoms with van der Waals surface area (Å²) in [5.41, 5.74) is 2.25. The number of hydrogen-bond donors (Lipinski definition) is 2. The lowest BCUT2D eigenvalue weighted by atomic mass is 10.1. The van der Waals surface area contributed by atoms with E-state index < -0.39 is 0 Å². The molecule has 2 amide bonds. The molecule has 0 radical (unpaired) electrons. The third kappa shape index (κ3) is 6.77. The maximum atomic E-state index is 12.9. The third-order valence-corrected chi connectivity index (χ3v) is 6.20. The summed E-state index contributed by atoms with van der Waals surface area (Å²) in [5.74, 6) is 1.55. The maximum Gasteiger partial charge on any atom is 0.253 e. The Morgan fingerprint density at radius 3 is 2.39 bits per heavy atom. The van der Waals surface area contributed by atoms with Gasteiger partial charge < -0.3 is 20.4 Å². The summed E-state index contributed by atoms with van der Waals surface area (Å²) in [7, 11) is 4.16. The minimum absolute atomic E-state index is 0.00944. The van der Waals surface area contributed by atoms with Gasteiger partial charge in [-0.1, -0.05) is 12.1 Å². The Bertz CT molecular complexity index is 1190. The lowest BCUT2D eigenvalue weighted by Gasteiger charge is -2.34. The van der Waals surface area contributed by atoms with E-state index in [9.17, 15) is 9.59 Å². The van der Waals surface area contributed by atoms with Gasteiger partial charge in [-0.2, -0.15) is 0 Å². The Labute approximate surface area is 212 Å². The van der Waals surface area contributed by atoms with E-state index in [0.717, 1.165) is 55.1 Å². The van der Waals surface area contributed by atoms with Crippen molar-refractivity contribution in [3.8, 4) is 0 Å². The molecule has 1 saturated heterocycles. The van der Waals surface area contributed by atoms with Gasteiger partial charge in [-0.15, -0.1) is 0 Å². The highest BCUT2D eigenvalue weighted by Gasteiger charge is 2.23. The lowest BCUT2D eigenvalue weighted by molar-refractivity contribution is -0.114. The Hall–Kier alpha value is -3.56. The smallest absolute Gasteiger partial charge is 0.253 e. The third-order valence-electron chi connectivity index (χ3n) is 6.20. The number of fused-ring (bicyclic) bond motifs is 1. The van der Waals surface area contributed by atoms with Crippen LogP contribution >= 0.6 is 0 Å². The summed E-state index contributed by atoms with van der Waals surface area (Å²) in [6.07, 6.45) is 1.03. The first-order chi connectivity index (χ1) is 17.4. The highest BCUT2D eigenvalue weighted by atomic mass is 16.2. The molecule has 1 aliphatic rings. The van der Waals surface area contributed by atoms with Gasteiger partial charge in [0, 0.05) is 56.3 Å². The number of aromatic nitrogens is 2. The van der Waals surface area contributed by atoms with Crippen LogP contribution in [0.5, 0.6) is 0 Å². The Morgan fingerprint density at radius 1 is 0.972 bits per heavy atom. The topological polar surface area (TPSA) is 93.7 Å². The van der Waals surface area contributed by atoms with Crippen molar-refractivity contribution in [2.75, 3.05) is 64.0 Å². The molecule has 0 aliphatic carbocycles. The van der Waals surface area contributed by atoms with Crippen LogP contribution in [0.3, 0.4) is 0 Å². The van der Waals surface area contributed by atoms with Crippen LogP contribution in [0.2, 0.25) is 0 Å². The molecular formula is C27H35N7O2. The molecule has 1 fully saturated rings. The average Bonchev–Trinajstić information content (AvgIpc) is 2.86. The van der Waals surface area contributed by atoms with Gasteiger partial charge in [-0.05, 0) is 63.5 Å². The molecule has 0 atom stereocenters. The van der Waals surface area contributed by atoms with Gasteiger partial charge in [0.05, 0.1) is 12.1 Å². The van der Waals surface area contributed by atoms with Gasteiger partial charge in [0.25, 0.3) is 5.91 Å². The van der Waals surface area contributed by atoms with Gasteiger partial charge in [0.1, 0.15) is 11.6 Å². The largest absolute Gasteiger partial charge is 0.369 e. The molecule has 0 unspecified atom stereocenters. The molecule has 36 heavy (non-hydrogen) atoms. The average molecular weight is 490 g/mol. The van der Waals surface area contributed by atoms with Crippen molar-refractivity contribution < 1.29 is 9.59 Å². The van der Waals surface area contributed by atoms with Crippen LogP contribution in [0.4, 0.5) is 11.5 Å². The van der Waals surface area contributed by atoms with Crippen LogP contribution in [0, 0.1) is 0 Å². The number of amides is 2. The first kappa shape index (κ1) is 25.5. The molecule has 0 bridgehead atoms. The Kier molecular flexibility index (Phi) is 8.45. The fourth-order valence-electron chi connectivity index (χ4n) is 4.32. The van der Waals surface area contributed by atoms with Gasteiger partial charge in [-0.3, -0.25) is 14.5 Å². The number of hydrogen-bond acceptors (Lipinski definition) is 7. The molecule has 4 rings (SSSR count). The van der Waals surface area contributed by atoms with Crippen molar-refractivity contribution in [2.24, 2.45) is 0 Å². The molecule has 0 saturated carbocycles. The minimum atomic E-state index is -0.132. The number of para-hydroxylation sites is 1. The number of nitrogens with zero attached hydrogens (tertiary/aromatic N) is 5. The van der Waals surface area contributed by atoms with E-state index in [2.05, 4.69) is 40.6 Å². The lowest BCUT2D eigenvalue weighted by Crippen LogP contribution is -2.48. The molecule has 2 heterocycles. The highest BCUT2D eigenvalue weighted by molar-refractivity contribution is 5.95. The molecule has 0 spiro atoms. The molecule has 9 heteroatoms. The monoisotopic (exact) mass is 489 g/mol. The number of benzene rings is 2. The molecule has 1 aromatic heterocycles. The molecular weight excluding hydrogens is 454 g/mol. The van der Waals surface area contributed by atoms with Crippen molar-refractivity contribution in [3.05, 3.63) is 59.9 Å². The maximum absolute atomic E-state index is 12.9. The number of carbonyl (C=O) groups is 2. The molecule has 9 nitrogen and oxygen atoms in total. The van der Waals surface area contributed by atoms with E-state index >= 15 is 0 Å². The van der Waals surface area contributed by atoms with Crippen LogP contribution in [0.15, 0.2) is 48.5 Å². The van der Waals surface area contributed by atoms with Crippen molar-refractivity contribution in [1.29, 1.82) is 0 Å². The summed E-state index contributed by atoms with van der Waals surface area (Å²) >= 11 is 0. The van der Waals surface area contributed by atoms with Crippen molar-refractivity contribution >= 4 is 34.2 Å². The van der Waals surface area contributed by atoms with E-state index in [1.54, 1.807) is 24.3 Å². The number of carbonyl (C=O) groups excluding carboxylic acids is 2. The fourth-order valence-corrected chi connectivity index (χ4v) is 4.32. The van der Waals surface area contributed by atoms with Gasteiger partial charge in [-0.25, -0.2) is 9.97 Å². The SMILES string of the molecule is CC(=O)Nc1ccc(C(=O)N2CCN(Cc3nc(NCCCN(C)C)c4ccccc4n3)CC2)cc1. The van der Waals surface area contributed by atoms with E-state index in [4.69, 9.17) is 9.97 Å². The van der Waals surface area contributed by atoms with Crippen LogP contribution < -0.4 is 10.6 Å². The van der Waals surface area contributed by atoms with Crippen molar-refractivity contribution in [3.63, 3.8) is 0 Å². The van der Waals surface area contributed by atoms with Crippen LogP contribution in [0.25, 0.3) is 10.9 Å². The van der Waals surface area contributed by atoms with E-state index in [0.29, 0.717) is 30.9 Å². The Morgan fingerprint density at radius 2 is 1.69 bits per heavy atom. The van der Waals surface area contributed by atoms with Gasteiger partial charge in [0.2, 0.25) is 5.91 Å². The number of piperazine rings is 1. The first-order valence-corrected chi connectivity index (χ1v) is 12.4. The fraction of sp³-hybridized carbons (Fsp3) is 0.407. The quantitative estimate of drug-likeness (QED) is 0.447. The predicted octanol–water partition coefficient (Wildman–Crippen LogP) is 2.91. The zero-order chi connectivity index (χ0) is 25.5. The summed E-state index contributed by atoms with van der Waals surface area (Å²) in [5, 5.41) is 7.26. The zero-order valence-corrected chi connectivity index (χ0v) is 21.3. The summed E-state index contributed by atoms with van der Waals surface area (Å²) in [6, 6.07) is 15.1. The zero-order valence-electron chi connectivity index (χ0n) is 21.3. The molecule has 2 N–H and O–H groups in total. The first-order valence-electron chi connectivity index (χ1n) is 12.4. The van der Waals surface area contributed by atoms with Crippen LogP contribution in [-0.2, 0) is 11.3 Å². The Balaban J connectivity index is 1.35. The van der Waals surface area contributed by atoms with Gasteiger partial charge >= 0.3 is 0 Å².